The van der Waals surface area contributed by atoms with Crippen LogP contribution in [0.15, 0.2) is 24.3 Å². The molecule has 2 amide bonds. The predicted octanol–water partition coefficient (Wildman–Crippen LogP) is 0.908. The van der Waals surface area contributed by atoms with Gasteiger partial charge in [0.25, 0.3) is 0 Å². The number of nitrogens with one attached hydrogen (secondary N) is 2. The van der Waals surface area contributed by atoms with Crippen molar-refractivity contribution in [1.29, 1.82) is 0 Å². The maximum Gasteiger partial charge on any atom is 0.317 e. The number of carbonyl (C=O) groups is 1. The third-order valence-corrected chi connectivity index (χ3v) is 4.94. The van der Waals surface area contributed by atoms with Gasteiger partial charge in [-0.25, -0.2) is 13.2 Å². The van der Waals surface area contributed by atoms with E-state index < -0.39 is 15.9 Å². The molecule has 8 heteroatoms. The molecule has 7 nitrogen and oxygen atoms in total. The summed E-state index contributed by atoms with van der Waals surface area (Å²) < 4.78 is 33.5. The molecular weight excluding hydrogens is 308 g/mol. The van der Waals surface area contributed by atoms with Gasteiger partial charge in [-0.3, -0.25) is 0 Å². The number of carbonyl (C=O) groups excluding carboxylic acids is 1. The van der Waals surface area contributed by atoms with Crippen molar-refractivity contribution in [2.45, 2.75) is 19.4 Å². The van der Waals surface area contributed by atoms with Crippen molar-refractivity contribution in [2.75, 3.05) is 24.8 Å². The SMILES string of the molecule is CCOc1ccccc1OCNC(=O)NC1CCS(=O)(=O)C1. The van der Waals surface area contributed by atoms with Gasteiger partial charge < -0.3 is 20.1 Å². The minimum Gasteiger partial charge on any atom is -0.490 e. The van der Waals surface area contributed by atoms with Crippen LogP contribution in [0.2, 0.25) is 0 Å². The van der Waals surface area contributed by atoms with Gasteiger partial charge >= 0.3 is 6.03 Å². The minimum atomic E-state index is -3.01. The Labute approximate surface area is 129 Å². The molecule has 1 aromatic carbocycles. The van der Waals surface area contributed by atoms with Crippen LogP contribution in [0.4, 0.5) is 4.79 Å². The number of rotatable bonds is 6. The van der Waals surface area contributed by atoms with Crippen molar-refractivity contribution in [3.8, 4) is 11.5 Å². The lowest BCUT2D eigenvalue weighted by Crippen LogP contribution is -2.43. The van der Waals surface area contributed by atoms with Crippen LogP contribution in [0.1, 0.15) is 13.3 Å². The van der Waals surface area contributed by atoms with Crippen LogP contribution < -0.4 is 20.1 Å². The highest BCUT2D eigenvalue weighted by Gasteiger charge is 2.28. The molecule has 0 radical (unpaired) electrons. The van der Waals surface area contributed by atoms with Crippen molar-refractivity contribution in [2.24, 2.45) is 0 Å². The van der Waals surface area contributed by atoms with E-state index in [0.717, 1.165) is 0 Å². The second-order valence-electron chi connectivity index (χ2n) is 4.92. The van der Waals surface area contributed by atoms with Gasteiger partial charge in [0.2, 0.25) is 0 Å². The van der Waals surface area contributed by atoms with Gasteiger partial charge in [-0.1, -0.05) is 12.1 Å². The van der Waals surface area contributed by atoms with Gasteiger partial charge in [-0.05, 0) is 25.5 Å². The van der Waals surface area contributed by atoms with Crippen molar-refractivity contribution in [3.63, 3.8) is 0 Å². The van der Waals surface area contributed by atoms with E-state index in [9.17, 15) is 13.2 Å². The topological polar surface area (TPSA) is 93.7 Å². The maximum atomic E-state index is 11.7. The van der Waals surface area contributed by atoms with E-state index >= 15 is 0 Å². The first-order valence-electron chi connectivity index (χ1n) is 7.09. The standard InChI is InChI=1S/C14H20N2O5S/c1-2-20-12-5-3-4-6-13(12)21-10-15-14(17)16-11-7-8-22(18,19)9-11/h3-6,11H,2,7-10H2,1H3,(H2,15,16,17). The Hall–Kier alpha value is -1.96. The summed E-state index contributed by atoms with van der Waals surface area (Å²) in [6.45, 7) is 2.36. The smallest absolute Gasteiger partial charge is 0.317 e. The van der Waals surface area contributed by atoms with Crippen LogP contribution in [-0.2, 0) is 9.84 Å². The Bertz CT molecular complexity index is 617. The number of hydrogen-bond acceptors (Lipinski definition) is 5. The van der Waals surface area contributed by atoms with Crippen LogP contribution in [0.5, 0.6) is 11.5 Å². The molecule has 1 atom stereocenters. The summed E-state index contributed by atoms with van der Waals surface area (Å²) >= 11 is 0. The van der Waals surface area contributed by atoms with Crippen molar-refractivity contribution < 1.29 is 22.7 Å². The van der Waals surface area contributed by atoms with E-state index in [-0.39, 0.29) is 24.3 Å². The number of hydrogen-bond donors (Lipinski definition) is 2. The second-order valence-corrected chi connectivity index (χ2v) is 7.15. The first-order valence-corrected chi connectivity index (χ1v) is 8.91. The van der Waals surface area contributed by atoms with Crippen LogP contribution in [-0.4, -0.2) is 45.3 Å². The number of amides is 2. The molecular formula is C14H20N2O5S. The lowest BCUT2D eigenvalue weighted by molar-refractivity contribution is 0.217. The maximum absolute atomic E-state index is 11.7. The molecule has 0 bridgehead atoms. The fourth-order valence-electron chi connectivity index (χ4n) is 2.17. The molecule has 1 heterocycles. The Morgan fingerprint density at radius 3 is 2.55 bits per heavy atom. The number of benzene rings is 1. The molecule has 0 saturated carbocycles. The van der Waals surface area contributed by atoms with Crippen molar-refractivity contribution in [1.82, 2.24) is 10.6 Å². The molecule has 0 spiro atoms. The van der Waals surface area contributed by atoms with Crippen LogP contribution in [0, 0.1) is 0 Å². The van der Waals surface area contributed by atoms with Gasteiger partial charge in [0.15, 0.2) is 28.1 Å². The van der Waals surface area contributed by atoms with Crippen LogP contribution in [0.3, 0.4) is 0 Å². The van der Waals surface area contributed by atoms with Gasteiger partial charge in [0, 0.05) is 6.04 Å². The highest BCUT2D eigenvalue weighted by molar-refractivity contribution is 7.91. The van der Waals surface area contributed by atoms with E-state index in [1.807, 2.05) is 13.0 Å². The normalized spacial score (nSPS) is 19.4. The van der Waals surface area contributed by atoms with Crippen LogP contribution >= 0.6 is 0 Å². The van der Waals surface area contributed by atoms with Gasteiger partial charge in [0.05, 0.1) is 18.1 Å². The predicted molar refractivity (Wildman–Crippen MR) is 81.8 cm³/mol. The third-order valence-electron chi connectivity index (χ3n) is 3.18. The lowest BCUT2D eigenvalue weighted by atomic mass is 10.3. The summed E-state index contributed by atoms with van der Waals surface area (Å²) in [6.07, 6.45) is 0.448. The fourth-order valence-corrected chi connectivity index (χ4v) is 3.84. The molecule has 0 aliphatic carbocycles. The monoisotopic (exact) mass is 328 g/mol. The first-order chi connectivity index (χ1) is 10.5. The van der Waals surface area contributed by atoms with Crippen molar-refractivity contribution >= 4 is 15.9 Å². The first kappa shape index (κ1) is 16.4. The average molecular weight is 328 g/mol. The van der Waals surface area contributed by atoms with E-state index in [1.165, 1.54) is 0 Å². The largest absolute Gasteiger partial charge is 0.490 e. The average Bonchev–Trinajstić information content (AvgIpc) is 2.80. The van der Waals surface area contributed by atoms with Gasteiger partial charge in [-0.2, -0.15) is 0 Å². The summed E-state index contributed by atoms with van der Waals surface area (Å²) in [6, 6.07) is 6.38. The molecule has 1 aliphatic heterocycles. The molecule has 22 heavy (non-hydrogen) atoms. The Balaban J connectivity index is 1.76. The van der Waals surface area contributed by atoms with E-state index in [4.69, 9.17) is 9.47 Å². The quantitative estimate of drug-likeness (QED) is 0.757. The summed E-state index contributed by atoms with van der Waals surface area (Å²) in [5.41, 5.74) is 0. The Morgan fingerprint density at radius 1 is 1.27 bits per heavy atom. The summed E-state index contributed by atoms with van der Waals surface area (Å²) in [5.74, 6) is 1.26. The molecule has 1 fully saturated rings. The molecule has 1 aromatic rings. The zero-order valence-corrected chi connectivity index (χ0v) is 13.2. The number of ether oxygens (including phenoxy) is 2. The van der Waals surface area contributed by atoms with E-state index in [1.54, 1.807) is 18.2 Å². The zero-order valence-electron chi connectivity index (χ0n) is 12.4. The second kappa shape index (κ2) is 7.35. The molecule has 0 aromatic heterocycles. The molecule has 122 valence electrons. The highest BCUT2D eigenvalue weighted by atomic mass is 32.2. The molecule has 1 saturated heterocycles. The zero-order chi connectivity index (χ0) is 16.0. The lowest BCUT2D eigenvalue weighted by Gasteiger charge is -2.14. The Kier molecular flexibility index (Phi) is 5.48. The van der Waals surface area contributed by atoms with E-state index in [2.05, 4.69) is 10.6 Å². The van der Waals surface area contributed by atoms with E-state index in [0.29, 0.717) is 24.5 Å². The Morgan fingerprint density at radius 2 is 1.95 bits per heavy atom. The summed E-state index contributed by atoms with van der Waals surface area (Å²) in [7, 11) is -3.01. The summed E-state index contributed by atoms with van der Waals surface area (Å²) in [5, 5.41) is 5.15. The molecule has 2 N–H and O–H groups in total. The summed E-state index contributed by atoms with van der Waals surface area (Å²) in [4.78, 5) is 11.7. The van der Waals surface area contributed by atoms with Crippen LogP contribution in [0.25, 0.3) is 0 Å². The number of sulfone groups is 1. The molecule has 1 aliphatic rings. The molecule has 1 unspecified atom stereocenters. The van der Waals surface area contributed by atoms with Crippen molar-refractivity contribution in [3.05, 3.63) is 24.3 Å². The van der Waals surface area contributed by atoms with Gasteiger partial charge in [-0.15, -0.1) is 0 Å². The third kappa shape index (κ3) is 4.80. The minimum absolute atomic E-state index is 0.00551. The van der Waals surface area contributed by atoms with Gasteiger partial charge in [0.1, 0.15) is 0 Å². The number of urea groups is 1. The number of para-hydroxylation sites is 2. The fraction of sp³-hybridized carbons (Fsp3) is 0.500. The highest BCUT2D eigenvalue weighted by Crippen LogP contribution is 2.25. The molecule has 2 rings (SSSR count).